The molecule has 0 spiro atoms. The minimum Gasteiger partial charge on any atom is -0.386 e. The van der Waals surface area contributed by atoms with Crippen molar-refractivity contribution in [2.24, 2.45) is 16.6 Å². The molecule has 0 bridgehead atoms. The SMILES string of the molecule is Cc1cc(Br)cnc1C(=O)NC1=CC=C(F)C([C@]2(C(F)F)COCC(N)=N2)C1. The van der Waals surface area contributed by atoms with E-state index in [0.29, 0.717) is 5.56 Å². The van der Waals surface area contributed by atoms with Gasteiger partial charge in [0.05, 0.1) is 6.61 Å². The molecule has 2 aliphatic rings. The molecule has 0 saturated carbocycles. The van der Waals surface area contributed by atoms with Crippen LogP contribution in [0.25, 0.3) is 0 Å². The molecule has 10 heteroatoms. The number of ether oxygens (including phenoxy) is 1. The lowest BCUT2D eigenvalue weighted by Gasteiger charge is -2.39. The first-order valence-corrected chi connectivity index (χ1v) is 9.22. The zero-order chi connectivity index (χ0) is 20.5. The second kappa shape index (κ2) is 8.04. The normalized spacial score (nSPS) is 25.1. The zero-order valence-electron chi connectivity index (χ0n) is 14.9. The third kappa shape index (κ3) is 3.97. The summed E-state index contributed by atoms with van der Waals surface area (Å²) in [6.45, 7) is 1.17. The molecular formula is C18H18BrF3N4O2. The van der Waals surface area contributed by atoms with Crippen LogP contribution >= 0.6 is 15.9 Å². The summed E-state index contributed by atoms with van der Waals surface area (Å²) < 4.78 is 48.1. The molecule has 150 valence electrons. The molecule has 0 aromatic carbocycles. The molecule has 2 atom stereocenters. The number of nitrogens with two attached hydrogens (primary N) is 1. The molecule has 2 heterocycles. The van der Waals surface area contributed by atoms with E-state index in [1.54, 1.807) is 13.0 Å². The number of halogens is 4. The number of rotatable bonds is 4. The Balaban J connectivity index is 1.84. The van der Waals surface area contributed by atoms with Crippen LogP contribution in [-0.4, -0.2) is 41.9 Å². The van der Waals surface area contributed by atoms with Gasteiger partial charge in [-0.3, -0.25) is 9.79 Å². The van der Waals surface area contributed by atoms with Gasteiger partial charge in [0.15, 0.2) is 5.54 Å². The fraction of sp³-hybridized carbons (Fsp3) is 0.389. The summed E-state index contributed by atoms with van der Waals surface area (Å²) in [5, 5.41) is 2.62. The fourth-order valence-electron chi connectivity index (χ4n) is 3.27. The molecule has 1 aromatic heterocycles. The van der Waals surface area contributed by atoms with Crippen LogP contribution in [0.1, 0.15) is 22.5 Å². The van der Waals surface area contributed by atoms with E-state index < -0.39 is 36.2 Å². The molecule has 0 radical (unpaired) electrons. The number of nitrogens with one attached hydrogen (secondary N) is 1. The summed E-state index contributed by atoms with van der Waals surface area (Å²) in [7, 11) is 0. The van der Waals surface area contributed by atoms with Crippen LogP contribution < -0.4 is 11.1 Å². The second-order valence-electron chi connectivity index (χ2n) is 6.66. The Hall–Kier alpha value is -2.20. The van der Waals surface area contributed by atoms with Gasteiger partial charge >= 0.3 is 0 Å². The Labute approximate surface area is 167 Å². The number of hydrogen-bond donors (Lipinski definition) is 2. The lowest BCUT2D eigenvalue weighted by molar-refractivity contribution is -0.0376. The van der Waals surface area contributed by atoms with Crippen molar-refractivity contribution in [1.29, 1.82) is 0 Å². The van der Waals surface area contributed by atoms with Gasteiger partial charge in [-0.15, -0.1) is 0 Å². The van der Waals surface area contributed by atoms with E-state index in [2.05, 4.69) is 31.2 Å². The zero-order valence-corrected chi connectivity index (χ0v) is 16.5. The number of carbonyl (C=O) groups excluding carboxylic acids is 1. The number of nitrogens with zero attached hydrogens (tertiary/aromatic N) is 2. The standard InChI is InChI=1S/C18H18BrF3N4O2/c1-9-4-10(19)6-24-15(9)16(27)25-11-2-3-13(20)12(5-11)18(17(21)22)8-28-7-14(23)26-18/h2-4,6,12,17H,5,7-8H2,1H3,(H2,23,26)(H,25,27)/t12?,18-/m0/s1. The van der Waals surface area contributed by atoms with E-state index in [9.17, 15) is 18.0 Å². The van der Waals surface area contributed by atoms with Crippen LogP contribution in [0, 0.1) is 12.8 Å². The minimum atomic E-state index is -3.00. The third-order valence-electron chi connectivity index (χ3n) is 4.65. The van der Waals surface area contributed by atoms with Gasteiger partial charge in [0.25, 0.3) is 12.3 Å². The highest BCUT2D eigenvalue weighted by Crippen LogP contribution is 2.42. The van der Waals surface area contributed by atoms with Gasteiger partial charge in [0.2, 0.25) is 0 Å². The summed E-state index contributed by atoms with van der Waals surface area (Å²) >= 11 is 3.27. The Bertz CT molecular complexity index is 888. The van der Waals surface area contributed by atoms with E-state index in [4.69, 9.17) is 10.5 Å². The fourth-order valence-corrected chi connectivity index (χ4v) is 3.71. The Kier molecular flexibility index (Phi) is 5.90. The monoisotopic (exact) mass is 458 g/mol. The van der Waals surface area contributed by atoms with E-state index in [1.165, 1.54) is 12.3 Å². The molecule has 28 heavy (non-hydrogen) atoms. The maximum atomic E-state index is 14.5. The molecule has 1 aliphatic carbocycles. The van der Waals surface area contributed by atoms with E-state index in [-0.39, 0.29) is 30.3 Å². The second-order valence-corrected chi connectivity index (χ2v) is 7.58. The number of hydrogen-bond acceptors (Lipinski definition) is 5. The molecule has 0 fully saturated rings. The van der Waals surface area contributed by atoms with E-state index in [1.807, 2.05) is 0 Å². The number of allylic oxidation sites excluding steroid dienone is 3. The highest BCUT2D eigenvalue weighted by atomic mass is 79.9. The predicted molar refractivity (Wildman–Crippen MR) is 101 cm³/mol. The average molecular weight is 459 g/mol. The van der Waals surface area contributed by atoms with Crippen molar-refractivity contribution in [2.45, 2.75) is 25.3 Å². The van der Waals surface area contributed by atoms with Crippen molar-refractivity contribution in [3.8, 4) is 0 Å². The van der Waals surface area contributed by atoms with Gasteiger partial charge in [0.1, 0.15) is 24.0 Å². The molecule has 3 N–H and O–H groups in total. The minimum absolute atomic E-state index is 0.0829. The number of aliphatic imine (C=N–C) groups is 1. The maximum absolute atomic E-state index is 14.5. The van der Waals surface area contributed by atoms with Gasteiger partial charge in [0, 0.05) is 22.3 Å². The van der Waals surface area contributed by atoms with Gasteiger partial charge in [-0.1, -0.05) is 0 Å². The van der Waals surface area contributed by atoms with Crippen LogP contribution in [0.5, 0.6) is 0 Å². The first-order chi connectivity index (χ1) is 13.2. The van der Waals surface area contributed by atoms with Crippen LogP contribution in [0.2, 0.25) is 0 Å². The van der Waals surface area contributed by atoms with Crippen molar-refractivity contribution in [2.75, 3.05) is 13.2 Å². The number of pyridine rings is 1. The van der Waals surface area contributed by atoms with Crippen molar-refractivity contribution in [1.82, 2.24) is 10.3 Å². The first-order valence-electron chi connectivity index (χ1n) is 8.43. The number of amides is 1. The van der Waals surface area contributed by atoms with Crippen molar-refractivity contribution < 1.29 is 22.7 Å². The number of alkyl halides is 2. The highest BCUT2D eigenvalue weighted by molar-refractivity contribution is 9.10. The van der Waals surface area contributed by atoms with Crippen LogP contribution in [-0.2, 0) is 4.74 Å². The van der Waals surface area contributed by atoms with Crippen molar-refractivity contribution in [3.63, 3.8) is 0 Å². The van der Waals surface area contributed by atoms with Crippen molar-refractivity contribution in [3.05, 3.63) is 51.7 Å². The number of aromatic nitrogens is 1. The molecule has 1 aromatic rings. The molecule has 3 rings (SSSR count). The summed E-state index contributed by atoms with van der Waals surface area (Å²) in [5.74, 6) is -2.71. The Morgan fingerprint density at radius 2 is 2.21 bits per heavy atom. The molecule has 6 nitrogen and oxygen atoms in total. The number of amidine groups is 1. The summed E-state index contributed by atoms with van der Waals surface area (Å²) in [4.78, 5) is 20.4. The van der Waals surface area contributed by atoms with Gasteiger partial charge in [-0.25, -0.2) is 18.2 Å². The summed E-state index contributed by atoms with van der Waals surface area (Å²) in [6.07, 6.45) is 0.682. The maximum Gasteiger partial charge on any atom is 0.274 e. The third-order valence-corrected chi connectivity index (χ3v) is 5.08. The lowest BCUT2D eigenvalue weighted by atomic mass is 9.78. The highest BCUT2D eigenvalue weighted by Gasteiger charge is 2.51. The largest absolute Gasteiger partial charge is 0.386 e. The molecular weight excluding hydrogens is 441 g/mol. The smallest absolute Gasteiger partial charge is 0.274 e. The Morgan fingerprint density at radius 3 is 2.86 bits per heavy atom. The van der Waals surface area contributed by atoms with E-state index in [0.717, 1.165) is 10.5 Å². The van der Waals surface area contributed by atoms with Crippen LogP contribution in [0.3, 0.4) is 0 Å². The first kappa shape index (κ1) is 20.5. The summed E-state index contributed by atoms with van der Waals surface area (Å²) in [5.41, 5.74) is 4.52. The van der Waals surface area contributed by atoms with Crippen LogP contribution in [0.15, 0.2) is 45.4 Å². The van der Waals surface area contributed by atoms with Crippen LogP contribution in [0.4, 0.5) is 13.2 Å². The Morgan fingerprint density at radius 1 is 1.46 bits per heavy atom. The van der Waals surface area contributed by atoms with Crippen molar-refractivity contribution >= 4 is 27.7 Å². The molecule has 0 saturated heterocycles. The van der Waals surface area contributed by atoms with Gasteiger partial charge in [-0.05, 0) is 53.1 Å². The van der Waals surface area contributed by atoms with Gasteiger partial charge in [-0.2, -0.15) is 0 Å². The predicted octanol–water partition coefficient (Wildman–Crippen LogP) is 3.03. The van der Waals surface area contributed by atoms with E-state index >= 15 is 0 Å². The number of carbonyl (C=O) groups is 1. The molecule has 1 amide bonds. The summed E-state index contributed by atoms with van der Waals surface area (Å²) in [6, 6.07) is 1.72. The van der Waals surface area contributed by atoms with Gasteiger partial charge < -0.3 is 15.8 Å². The topological polar surface area (TPSA) is 89.6 Å². The molecule has 1 unspecified atom stereocenters. The lowest BCUT2D eigenvalue weighted by Crippen LogP contribution is -2.53. The molecule has 1 aliphatic heterocycles. The average Bonchev–Trinajstić information content (AvgIpc) is 2.62. The quantitative estimate of drug-likeness (QED) is 0.725. The number of aryl methyl sites for hydroxylation is 1.